The smallest absolute Gasteiger partial charge is 0.138 e. The third kappa shape index (κ3) is 3.11. The van der Waals surface area contributed by atoms with Crippen molar-refractivity contribution in [3.63, 3.8) is 0 Å². The molecule has 2 N–H and O–H groups in total. The summed E-state index contributed by atoms with van der Waals surface area (Å²) < 4.78 is 5.65. The van der Waals surface area contributed by atoms with E-state index in [1.165, 1.54) is 0 Å². The molecule has 1 aromatic carbocycles. The highest BCUT2D eigenvalue weighted by Crippen LogP contribution is 2.27. The van der Waals surface area contributed by atoms with Gasteiger partial charge in [-0.3, -0.25) is 0 Å². The highest BCUT2D eigenvalue weighted by atomic mass is 35.5. The van der Waals surface area contributed by atoms with Gasteiger partial charge in [-0.15, -0.1) is 0 Å². The zero-order valence-corrected chi connectivity index (χ0v) is 9.34. The fourth-order valence-corrected chi connectivity index (χ4v) is 1.53. The standard InChI is InChI=1S/C11H16ClNO/c1-3-4-8(2)14-11-6-5-9(13)7-10(11)12/h5-8H,3-4,13H2,1-2H3/t8-/m0/s1. The summed E-state index contributed by atoms with van der Waals surface area (Å²) in [6.07, 6.45) is 2.33. The molecule has 0 amide bonds. The van der Waals surface area contributed by atoms with Crippen molar-refractivity contribution >= 4 is 17.3 Å². The van der Waals surface area contributed by atoms with Crippen molar-refractivity contribution in [2.24, 2.45) is 0 Å². The fourth-order valence-electron chi connectivity index (χ4n) is 1.29. The summed E-state index contributed by atoms with van der Waals surface area (Å²) in [6, 6.07) is 5.30. The van der Waals surface area contributed by atoms with E-state index < -0.39 is 0 Å². The van der Waals surface area contributed by atoms with Crippen LogP contribution in [0.15, 0.2) is 18.2 Å². The molecule has 0 aliphatic carbocycles. The van der Waals surface area contributed by atoms with Gasteiger partial charge in [-0.25, -0.2) is 0 Å². The first-order valence-corrected chi connectivity index (χ1v) is 5.23. The first kappa shape index (κ1) is 11.2. The maximum Gasteiger partial charge on any atom is 0.138 e. The average Bonchev–Trinajstić information content (AvgIpc) is 2.10. The fraction of sp³-hybridized carbons (Fsp3) is 0.455. The van der Waals surface area contributed by atoms with Crippen LogP contribution in [0.5, 0.6) is 5.75 Å². The minimum absolute atomic E-state index is 0.195. The second-order valence-electron chi connectivity index (χ2n) is 3.41. The summed E-state index contributed by atoms with van der Waals surface area (Å²) in [7, 11) is 0. The number of nitrogens with two attached hydrogens (primary N) is 1. The molecule has 0 unspecified atom stereocenters. The molecule has 14 heavy (non-hydrogen) atoms. The monoisotopic (exact) mass is 213 g/mol. The Morgan fingerprint density at radius 1 is 1.50 bits per heavy atom. The van der Waals surface area contributed by atoms with E-state index in [1.54, 1.807) is 12.1 Å². The van der Waals surface area contributed by atoms with Crippen LogP contribution in [-0.4, -0.2) is 6.10 Å². The Morgan fingerprint density at radius 3 is 2.79 bits per heavy atom. The summed E-state index contributed by atoms with van der Waals surface area (Å²) in [6.45, 7) is 4.17. The number of benzene rings is 1. The van der Waals surface area contributed by atoms with Crippen LogP contribution in [0.25, 0.3) is 0 Å². The lowest BCUT2D eigenvalue weighted by atomic mass is 10.2. The van der Waals surface area contributed by atoms with Crippen molar-refractivity contribution in [2.75, 3.05) is 5.73 Å². The van der Waals surface area contributed by atoms with Crippen LogP contribution in [0.1, 0.15) is 26.7 Å². The summed E-state index contributed by atoms with van der Waals surface area (Å²) >= 11 is 5.97. The van der Waals surface area contributed by atoms with Gasteiger partial charge in [0.2, 0.25) is 0 Å². The van der Waals surface area contributed by atoms with Gasteiger partial charge in [-0.05, 0) is 31.5 Å². The van der Waals surface area contributed by atoms with Crippen molar-refractivity contribution in [3.05, 3.63) is 23.2 Å². The van der Waals surface area contributed by atoms with Crippen LogP contribution in [0.3, 0.4) is 0 Å². The normalized spacial score (nSPS) is 12.5. The van der Waals surface area contributed by atoms with E-state index in [-0.39, 0.29) is 6.10 Å². The predicted octanol–water partition coefficient (Wildman–Crippen LogP) is 3.49. The molecule has 0 saturated carbocycles. The lowest BCUT2D eigenvalue weighted by molar-refractivity contribution is 0.210. The van der Waals surface area contributed by atoms with Gasteiger partial charge in [0, 0.05) is 5.69 Å². The van der Waals surface area contributed by atoms with Gasteiger partial charge >= 0.3 is 0 Å². The Hall–Kier alpha value is -0.890. The molecule has 0 aliphatic heterocycles. The maximum absolute atomic E-state index is 5.97. The van der Waals surface area contributed by atoms with Crippen LogP contribution in [0.2, 0.25) is 5.02 Å². The van der Waals surface area contributed by atoms with E-state index in [9.17, 15) is 0 Å². The van der Waals surface area contributed by atoms with Crippen molar-refractivity contribution in [1.29, 1.82) is 0 Å². The van der Waals surface area contributed by atoms with E-state index in [0.29, 0.717) is 16.5 Å². The van der Waals surface area contributed by atoms with Crippen molar-refractivity contribution in [3.8, 4) is 5.75 Å². The average molecular weight is 214 g/mol. The number of hydrogen-bond acceptors (Lipinski definition) is 2. The molecule has 0 aromatic heterocycles. The number of halogens is 1. The van der Waals surface area contributed by atoms with Gasteiger partial charge in [-0.1, -0.05) is 24.9 Å². The topological polar surface area (TPSA) is 35.2 Å². The molecule has 0 saturated heterocycles. The number of hydrogen-bond donors (Lipinski definition) is 1. The van der Waals surface area contributed by atoms with E-state index in [4.69, 9.17) is 22.1 Å². The van der Waals surface area contributed by atoms with Gasteiger partial charge in [0.1, 0.15) is 5.75 Å². The van der Waals surface area contributed by atoms with Crippen LogP contribution >= 0.6 is 11.6 Å². The number of ether oxygens (including phenoxy) is 1. The molecule has 2 nitrogen and oxygen atoms in total. The SMILES string of the molecule is CCC[C@H](C)Oc1ccc(N)cc1Cl. The number of nitrogen functional groups attached to an aromatic ring is 1. The van der Waals surface area contributed by atoms with Crippen molar-refractivity contribution < 1.29 is 4.74 Å². The summed E-state index contributed by atoms with van der Waals surface area (Å²) in [4.78, 5) is 0. The second-order valence-corrected chi connectivity index (χ2v) is 3.81. The predicted molar refractivity (Wildman–Crippen MR) is 60.9 cm³/mol. The minimum Gasteiger partial charge on any atom is -0.489 e. The van der Waals surface area contributed by atoms with Crippen molar-refractivity contribution in [2.45, 2.75) is 32.8 Å². The van der Waals surface area contributed by atoms with E-state index in [1.807, 2.05) is 13.0 Å². The van der Waals surface area contributed by atoms with Crippen molar-refractivity contribution in [1.82, 2.24) is 0 Å². The van der Waals surface area contributed by atoms with E-state index in [0.717, 1.165) is 12.8 Å². The minimum atomic E-state index is 0.195. The number of rotatable bonds is 4. The zero-order chi connectivity index (χ0) is 10.6. The molecule has 1 aromatic rings. The lowest BCUT2D eigenvalue weighted by Crippen LogP contribution is -2.11. The zero-order valence-electron chi connectivity index (χ0n) is 8.59. The molecular formula is C11H16ClNO. The molecule has 0 heterocycles. The third-order valence-electron chi connectivity index (χ3n) is 1.98. The largest absolute Gasteiger partial charge is 0.489 e. The first-order chi connectivity index (χ1) is 6.63. The van der Waals surface area contributed by atoms with Crippen LogP contribution in [0, 0.1) is 0 Å². The number of anilines is 1. The molecule has 0 spiro atoms. The highest BCUT2D eigenvalue weighted by molar-refractivity contribution is 6.32. The van der Waals surface area contributed by atoms with Gasteiger partial charge in [0.15, 0.2) is 0 Å². The second kappa shape index (κ2) is 5.11. The Balaban J connectivity index is 2.67. The highest BCUT2D eigenvalue weighted by Gasteiger charge is 2.06. The Morgan fingerprint density at radius 2 is 2.21 bits per heavy atom. The molecule has 0 bridgehead atoms. The van der Waals surface area contributed by atoms with Crippen LogP contribution < -0.4 is 10.5 Å². The van der Waals surface area contributed by atoms with E-state index >= 15 is 0 Å². The molecule has 0 fully saturated rings. The maximum atomic E-state index is 5.97. The summed E-state index contributed by atoms with van der Waals surface area (Å²) in [5.74, 6) is 0.710. The third-order valence-corrected chi connectivity index (χ3v) is 2.27. The van der Waals surface area contributed by atoms with Crippen LogP contribution in [0.4, 0.5) is 5.69 Å². The van der Waals surface area contributed by atoms with Gasteiger partial charge in [-0.2, -0.15) is 0 Å². The summed E-state index contributed by atoms with van der Waals surface area (Å²) in [5, 5.41) is 0.577. The first-order valence-electron chi connectivity index (χ1n) is 4.85. The molecule has 3 heteroatoms. The molecule has 1 atom stereocenters. The van der Waals surface area contributed by atoms with E-state index in [2.05, 4.69) is 6.92 Å². The van der Waals surface area contributed by atoms with Crippen LogP contribution in [-0.2, 0) is 0 Å². The Bertz CT molecular complexity index is 301. The quantitative estimate of drug-likeness (QED) is 0.778. The van der Waals surface area contributed by atoms with Gasteiger partial charge in [0.25, 0.3) is 0 Å². The Labute approximate surface area is 90.0 Å². The molecule has 0 radical (unpaired) electrons. The molecule has 78 valence electrons. The molecule has 0 aliphatic rings. The van der Waals surface area contributed by atoms with Gasteiger partial charge in [0.05, 0.1) is 11.1 Å². The molecular weight excluding hydrogens is 198 g/mol. The summed E-state index contributed by atoms with van der Waals surface area (Å²) in [5.41, 5.74) is 6.23. The lowest BCUT2D eigenvalue weighted by Gasteiger charge is -2.14. The Kier molecular flexibility index (Phi) is 4.08. The van der Waals surface area contributed by atoms with Gasteiger partial charge < -0.3 is 10.5 Å². The molecule has 1 rings (SSSR count).